The highest BCUT2D eigenvalue weighted by Crippen LogP contribution is 2.20. The van der Waals surface area contributed by atoms with Crippen LogP contribution in [0.25, 0.3) is 0 Å². The van der Waals surface area contributed by atoms with Gasteiger partial charge < -0.3 is 9.47 Å². The predicted molar refractivity (Wildman–Crippen MR) is 53.2 cm³/mol. The highest BCUT2D eigenvalue weighted by molar-refractivity contribution is 5.77. The van der Waals surface area contributed by atoms with Crippen molar-refractivity contribution in [2.75, 3.05) is 6.61 Å². The molecule has 0 radical (unpaired) electrons. The number of halogens is 1. The summed E-state index contributed by atoms with van der Waals surface area (Å²) >= 11 is 0. The van der Waals surface area contributed by atoms with Crippen LogP contribution in [0.1, 0.15) is 13.8 Å². The third-order valence-electron chi connectivity index (χ3n) is 1.69. The monoisotopic (exact) mass is 212 g/mol. The largest absolute Gasteiger partial charge is 0.461 e. The zero-order valence-electron chi connectivity index (χ0n) is 8.70. The van der Waals surface area contributed by atoms with Crippen LogP contribution in [0.2, 0.25) is 0 Å². The normalized spacial score (nSPS) is 14.1. The van der Waals surface area contributed by atoms with E-state index in [-0.39, 0.29) is 12.4 Å². The van der Waals surface area contributed by atoms with Crippen molar-refractivity contribution >= 4 is 5.97 Å². The average Bonchev–Trinajstić information content (AvgIpc) is 2.19. The summed E-state index contributed by atoms with van der Waals surface area (Å²) in [6.07, 6.45) is 0. The minimum atomic E-state index is -2.45. The zero-order chi connectivity index (χ0) is 11.3. The Labute approximate surface area is 87.8 Å². The first kappa shape index (κ1) is 11.5. The summed E-state index contributed by atoms with van der Waals surface area (Å²) in [5.41, 5.74) is 0. The van der Waals surface area contributed by atoms with E-state index >= 15 is 0 Å². The van der Waals surface area contributed by atoms with Crippen molar-refractivity contribution in [2.45, 2.75) is 19.7 Å². The molecular weight excluding hydrogens is 199 g/mol. The standard InChI is InChI=1S/C11H13FO3/c1-3-14-10(13)11(2,12)15-9-7-5-4-6-8-9/h4-8H,3H2,1-2H3. The molecule has 1 aromatic carbocycles. The maximum absolute atomic E-state index is 13.7. The van der Waals surface area contributed by atoms with Gasteiger partial charge in [-0.3, -0.25) is 0 Å². The maximum atomic E-state index is 13.7. The van der Waals surface area contributed by atoms with Crippen LogP contribution in [0.5, 0.6) is 5.75 Å². The Morgan fingerprint density at radius 2 is 2.00 bits per heavy atom. The molecule has 0 saturated heterocycles. The van der Waals surface area contributed by atoms with Gasteiger partial charge in [-0.05, 0) is 19.1 Å². The second-order valence-electron chi connectivity index (χ2n) is 3.05. The number of rotatable bonds is 4. The number of esters is 1. The van der Waals surface area contributed by atoms with Gasteiger partial charge in [0.25, 0.3) is 0 Å². The van der Waals surface area contributed by atoms with Crippen LogP contribution in [-0.4, -0.2) is 18.4 Å². The van der Waals surface area contributed by atoms with Gasteiger partial charge in [0.2, 0.25) is 0 Å². The summed E-state index contributed by atoms with van der Waals surface area (Å²) in [7, 11) is 0. The molecule has 0 aromatic heterocycles. The van der Waals surface area contributed by atoms with Crippen LogP contribution in [0.4, 0.5) is 4.39 Å². The predicted octanol–water partition coefficient (Wildman–Crippen LogP) is 2.31. The molecule has 0 aliphatic heterocycles. The van der Waals surface area contributed by atoms with Gasteiger partial charge in [0.05, 0.1) is 6.61 Å². The first-order valence-corrected chi connectivity index (χ1v) is 4.66. The Hall–Kier alpha value is -1.58. The number of hydrogen-bond acceptors (Lipinski definition) is 3. The number of hydrogen-bond donors (Lipinski definition) is 0. The molecule has 0 saturated carbocycles. The number of ether oxygens (including phenoxy) is 2. The van der Waals surface area contributed by atoms with E-state index < -0.39 is 11.8 Å². The molecule has 0 aliphatic carbocycles. The Morgan fingerprint density at radius 1 is 1.40 bits per heavy atom. The Morgan fingerprint density at radius 3 is 2.53 bits per heavy atom. The maximum Gasteiger partial charge on any atom is 0.384 e. The molecule has 15 heavy (non-hydrogen) atoms. The highest BCUT2D eigenvalue weighted by atomic mass is 19.2. The van der Waals surface area contributed by atoms with Crippen LogP contribution in [0, 0.1) is 0 Å². The molecule has 0 amide bonds. The minimum Gasteiger partial charge on any atom is -0.461 e. The van der Waals surface area contributed by atoms with Crippen molar-refractivity contribution in [3.05, 3.63) is 30.3 Å². The van der Waals surface area contributed by atoms with Crippen LogP contribution in [0.15, 0.2) is 30.3 Å². The Bertz CT molecular complexity index is 322. The smallest absolute Gasteiger partial charge is 0.384 e. The molecule has 1 rings (SSSR count). The van der Waals surface area contributed by atoms with Crippen molar-refractivity contribution in [1.29, 1.82) is 0 Å². The molecule has 3 nitrogen and oxygen atoms in total. The fourth-order valence-electron chi connectivity index (χ4n) is 1.01. The molecular formula is C11H13FO3. The highest BCUT2D eigenvalue weighted by Gasteiger charge is 2.37. The molecule has 0 heterocycles. The zero-order valence-corrected chi connectivity index (χ0v) is 8.70. The first-order chi connectivity index (χ1) is 7.06. The van der Waals surface area contributed by atoms with E-state index in [0.717, 1.165) is 6.92 Å². The third-order valence-corrected chi connectivity index (χ3v) is 1.69. The summed E-state index contributed by atoms with van der Waals surface area (Å²) < 4.78 is 23.1. The lowest BCUT2D eigenvalue weighted by atomic mass is 10.3. The fourth-order valence-corrected chi connectivity index (χ4v) is 1.01. The van der Waals surface area contributed by atoms with Crippen molar-refractivity contribution in [1.82, 2.24) is 0 Å². The van der Waals surface area contributed by atoms with Crippen molar-refractivity contribution in [3.63, 3.8) is 0 Å². The van der Waals surface area contributed by atoms with Crippen molar-refractivity contribution < 1.29 is 18.7 Å². The van der Waals surface area contributed by atoms with E-state index in [4.69, 9.17) is 4.74 Å². The van der Waals surface area contributed by atoms with Crippen molar-refractivity contribution in [2.24, 2.45) is 0 Å². The van der Waals surface area contributed by atoms with Crippen LogP contribution in [0.3, 0.4) is 0 Å². The van der Waals surface area contributed by atoms with Crippen LogP contribution in [-0.2, 0) is 9.53 Å². The van der Waals surface area contributed by atoms with Gasteiger partial charge in [-0.1, -0.05) is 18.2 Å². The molecule has 82 valence electrons. The summed E-state index contributed by atoms with van der Waals surface area (Å²) in [6.45, 7) is 2.75. The quantitative estimate of drug-likeness (QED) is 0.718. The van der Waals surface area contributed by atoms with Gasteiger partial charge in [0.15, 0.2) is 0 Å². The first-order valence-electron chi connectivity index (χ1n) is 4.66. The summed E-state index contributed by atoms with van der Waals surface area (Å²) in [5.74, 6) is -3.18. The van der Waals surface area contributed by atoms with Gasteiger partial charge in [0, 0.05) is 6.92 Å². The van der Waals surface area contributed by atoms with Crippen molar-refractivity contribution in [3.8, 4) is 5.75 Å². The molecule has 0 aliphatic rings. The Balaban J connectivity index is 2.68. The van der Waals surface area contributed by atoms with E-state index in [9.17, 15) is 9.18 Å². The lowest BCUT2D eigenvalue weighted by Crippen LogP contribution is -2.38. The average molecular weight is 212 g/mol. The molecule has 0 fully saturated rings. The van der Waals surface area contributed by atoms with E-state index in [1.165, 1.54) is 0 Å². The molecule has 4 heteroatoms. The molecule has 0 spiro atoms. The van der Waals surface area contributed by atoms with E-state index in [1.807, 2.05) is 0 Å². The minimum absolute atomic E-state index is 0.122. The second-order valence-corrected chi connectivity index (χ2v) is 3.05. The summed E-state index contributed by atoms with van der Waals surface area (Å²) in [4.78, 5) is 11.1. The van der Waals surface area contributed by atoms with E-state index in [0.29, 0.717) is 0 Å². The summed E-state index contributed by atoms with van der Waals surface area (Å²) in [6, 6.07) is 8.29. The fraction of sp³-hybridized carbons (Fsp3) is 0.364. The molecule has 1 atom stereocenters. The van der Waals surface area contributed by atoms with E-state index in [1.54, 1.807) is 37.3 Å². The number of carbonyl (C=O) groups excluding carboxylic acids is 1. The van der Waals surface area contributed by atoms with Gasteiger partial charge in [-0.2, -0.15) is 4.39 Å². The van der Waals surface area contributed by atoms with Gasteiger partial charge in [-0.15, -0.1) is 0 Å². The number of carbonyl (C=O) groups is 1. The molecule has 0 N–H and O–H groups in total. The molecule has 1 aromatic rings. The summed E-state index contributed by atoms with van der Waals surface area (Å²) in [5, 5.41) is 0. The van der Waals surface area contributed by atoms with Gasteiger partial charge in [-0.25, -0.2) is 4.79 Å². The molecule has 1 unspecified atom stereocenters. The number of alkyl halides is 1. The Kier molecular flexibility index (Phi) is 3.66. The topological polar surface area (TPSA) is 35.5 Å². The molecule has 0 bridgehead atoms. The van der Waals surface area contributed by atoms with Crippen LogP contribution >= 0.6 is 0 Å². The lowest BCUT2D eigenvalue weighted by Gasteiger charge is -2.19. The van der Waals surface area contributed by atoms with Gasteiger partial charge in [0.1, 0.15) is 5.75 Å². The second kappa shape index (κ2) is 4.77. The third kappa shape index (κ3) is 3.23. The van der Waals surface area contributed by atoms with Gasteiger partial charge >= 0.3 is 11.8 Å². The van der Waals surface area contributed by atoms with E-state index in [2.05, 4.69) is 4.74 Å². The SMILES string of the molecule is CCOC(=O)C(C)(F)Oc1ccccc1. The lowest BCUT2D eigenvalue weighted by molar-refractivity contribution is -0.176. The number of benzene rings is 1. The van der Waals surface area contributed by atoms with Crippen LogP contribution < -0.4 is 4.74 Å². The number of para-hydroxylation sites is 1.